The fourth-order valence-electron chi connectivity index (χ4n) is 4.68. The van der Waals surface area contributed by atoms with Gasteiger partial charge in [-0.25, -0.2) is 0 Å². The number of ketones is 1. The molecule has 0 amide bonds. The average molecular weight is 750 g/mol. The van der Waals surface area contributed by atoms with Crippen molar-refractivity contribution < 1.29 is 77.3 Å². The molecule has 0 fully saturated rings. The molecule has 8 nitrogen and oxygen atoms in total. The van der Waals surface area contributed by atoms with Crippen LogP contribution in [0.5, 0.6) is 11.5 Å². The summed E-state index contributed by atoms with van der Waals surface area (Å²) in [6.07, 6.45) is 4.28. The number of hydrogen-bond acceptors (Lipinski definition) is 8. The van der Waals surface area contributed by atoms with Gasteiger partial charge in [0.05, 0.1) is 17.6 Å². The Hall–Kier alpha value is -2.57. The summed E-state index contributed by atoms with van der Waals surface area (Å²) < 4.78 is 23.2. The fraction of sp³-hybridized carbons (Fsp3) is 0.265. The van der Waals surface area contributed by atoms with Gasteiger partial charge in [-0.2, -0.15) is 0 Å². The zero-order valence-electron chi connectivity index (χ0n) is 25.2. The Balaban J connectivity index is 0.000000291. The van der Waals surface area contributed by atoms with Gasteiger partial charge in [0, 0.05) is 110 Å². The van der Waals surface area contributed by atoms with E-state index in [1.807, 2.05) is 39.0 Å². The van der Waals surface area contributed by atoms with Crippen molar-refractivity contribution in [1.29, 1.82) is 0 Å². The molecule has 2 heterocycles. The number of ether oxygens (including phenoxy) is 1. The molecule has 5 rings (SSSR count). The van der Waals surface area contributed by atoms with Gasteiger partial charge in [0.1, 0.15) is 5.75 Å². The van der Waals surface area contributed by atoms with Gasteiger partial charge >= 0.3 is 8.80 Å². The van der Waals surface area contributed by atoms with Crippen molar-refractivity contribution in [3.05, 3.63) is 108 Å². The number of pyridine rings is 2. The van der Waals surface area contributed by atoms with Crippen molar-refractivity contribution in [3.8, 4) is 11.5 Å². The van der Waals surface area contributed by atoms with Crippen LogP contribution in [0.25, 0.3) is 21.8 Å². The Bertz CT molecular complexity index is 1550. The van der Waals surface area contributed by atoms with E-state index < -0.39 is 8.80 Å². The average Bonchev–Trinajstić information content (AvgIpc) is 3.04. The summed E-state index contributed by atoms with van der Waals surface area (Å²) in [5, 5.41) is 14.6. The van der Waals surface area contributed by atoms with E-state index in [-0.39, 0.29) is 66.5 Å². The molecule has 0 N–H and O–H groups in total. The minimum atomic E-state index is -2.69. The van der Waals surface area contributed by atoms with Crippen LogP contribution in [0.15, 0.2) is 97.3 Å². The van der Waals surface area contributed by atoms with Gasteiger partial charge in [-0.1, -0.05) is 60.3 Å². The number of rotatable bonds is 13. The topological polar surface area (TPSA) is 103 Å². The molecule has 0 saturated heterocycles. The van der Waals surface area contributed by atoms with Crippen molar-refractivity contribution in [2.75, 3.05) is 26.4 Å². The molecule has 0 spiro atoms. The summed E-state index contributed by atoms with van der Waals surface area (Å²) in [4.78, 5) is 21.1. The fourth-order valence-corrected chi connectivity index (χ4v) is 7.26. The van der Waals surface area contributed by atoms with Crippen LogP contribution in [0.2, 0.25) is 6.04 Å². The number of carbonyl (C=O) groups is 1. The standard InChI is InChI=1S/C22H30O6Si.C12H8N2.Eu/c1-4-26-29(27-5-2,28-6-3)16-10-15-25-19-13-14-20(21(23)17-19)22(24)18-11-8-7-9-12-18;1-3-9-5-6-10-4-2-8-14-12(10)11(9)13-7-1;/h7-9,11-14,17,23H,4-6,10,15-16H2,1-3H3;1-8H;/p-1. The number of aromatic nitrogens is 2. The van der Waals surface area contributed by atoms with E-state index in [0.29, 0.717) is 50.2 Å². The molecule has 0 bridgehead atoms. The molecule has 0 unspecified atom stereocenters. The van der Waals surface area contributed by atoms with Crippen molar-refractivity contribution in [2.24, 2.45) is 0 Å². The Morgan fingerprint density at radius 2 is 1.32 bits per heavy atom. The number of fused-ring (bicyclic) bond motifs is 3. The third kappa shape index (κ3) is 9.71. The first-order chi connectivity index (χ1) is 21.0. The zero-order valence-corrected chi connectivity index (χ0v) is 28.6. The second kappa shape index (κ2) is 18.4. The SMILES string of the molecule is CCO[Si](CCCOc1ccc(C(=O)c2ccccc2)c([O-])c1)(OCC)OCC.[Eu].c1cnc2c(c1)ccc1cccnc12. The van der Waals surface area contributed by atoms with Gasteiger partial charge in [-0.05, 0) is 57.5 Å². The second-order valence-electron chi connectivity index (χ2n) is 9.50. The third-order valence-electron chi connectivity index (χ3n) is 6.57. The van der Waals surface area contributed by atoms with Crippen LogP contribution < -0.4 is 9.84 Å². The van der Waals surface area contributed by atoms with Crippen LogP contribution in [0.4, 0.5) is 0 Å². The summed E-state index contributed by atoms with van der Waals surface area (Å²) in [5.41, 5.74) is 2.58. The molecule has 5 aromatic rings. The molecular weight excluding hydrogens is 712 g/mol. The van der Waals surface area contributed by atoms with Gasteiger partial charge in [0.2, 0.25) is 0 Å². The van der Waals surface area contributed by atoms with Gasteiger partial charge in [0.15, 0.2) is 5.78 Å². The van der Waals surface area contributed by atoms with Crippen molar-refractivity contribution in [2.45, 2.75) is 33.2 Å². The minimum Gasteiger partial charge on any atom is -0.872 e. The Kier molecular flexibility index (Phi) is 15.0. The maximum absolute atomic E-state index is 12.5. The first-order valence-electron chi connectivity index (χ1n) is 14.5. The van der Waals surface area contributed by atoms with Crippen LogP contribution in [0.3, 0.4) is 0 Å². The summed E-state index contributed by atoms with van der Waals surface area (Å²) in [6.45, 7) is 7.75. The van der Waals surface area contributed by atoms with Crippen LogP contribution >= 0.6 is 0 Å². The molecule has 231 valence electrons. The van der Waals surface area contributed by atoms with Crippen molar-refractivity contribution >= 4 is 36.4 Å². The van der Waals surface area contributed by atoms with Gasteiger partial charge in [-0.3, -0.25) is 14.8 Å². The van der Waals surface area contributed by atoms with E-state index in [2.05, 4.69) is 34.2 Å². The van der Waals surface area contributed by atoms with E-state index in [0.717, 1.165) is 21.8 Å². The quantitative estimate of drug-likeness (QED) is 0.0576. The Morgan fingerprint density at radius 3 is 1.84 bits per heavy atom. The number of benzene rings is 3. The molecule has 2 aromatic heterocycles. The van der Waals surface area contributed by atoms with Crippen molar-refractivity contribution in [3.63, 3.8) is 0 Å². The predicted molar refractivity (Wildman–Crippen MR) is 168 cm³/mol. The molecule has 10 heteroatoms. The monoisotopic (exact) mass is 750 g/mol. The molecular formula is C34H37EuN2O6Si-. The number of carbonyl (C=O) groups excluding carboxylic acids is 1. The van der Waals surface area contributed by atoms with E-state index in [1.165, 1.54) is 12.1 Å². The molecule has 0 saturated carbocycles. The maximum atomic E-state index is 12.5. The van der Waals surface area contributed by atoms with Gasteiger partial charge in [-0.15, -0.1) is 0 Å². The smallest absolute Gasteiger partial charge is 0.501 e. The predicted octanol–water partition coefficient (Wildman–Crippen LogP) is 6.59. The Morgan fingerprint density at radius 1 is 0.750 bits per heavy atom. The summed E-state index contributed by atoms with van der Waals surface area (Å²) in [6, 6.07) is 26.0. The number of nitrogens with zero attached hydrogens (tertiary/aromatic N) is 2. The third-order valence-corrected chi connectivity index (χ3v) is 9.72. The summed E-state index contributed by atoms with van der Waals surface area (Å²) in [5.74, 6) is -0.197. The van der Waals surface area contributed by atoms with E-state index >= 15 is 0 Å². The zero-order chi connectivity index (χ0) is 30.5. The maximum Gasteiger partial charge on any atom is 0.501 e. The van der Waals surface area contributed by atoms with Crippen LogP contribution in [0.1, 0.15) is 43.1 Å². The summed E-state index contributed by atoms with van der Waals surface area (Å²) >= 11 is 0. The molecule has 0 atom stereocenters. The minimum absolute atomic E-state index is 0. The molecule has 0 aliphatic heterocycles. The first kappa shape index (κ1) is 35.9. The van der Waals surface area contributed by atoms with Crippen molar-refractivity contribution in [1.82, 2.24) is 9.97 Å². The van der Waals surface area contributed by atoms with Crippen LogP contribution in [0, 0.1) is 49.4 Å². The first-order valence-corrected chi connectivity index (χ1v) is 16.5. The van der Waals surface area contributed by atoms with E-state index in [4.69, 9.17) is 18.0 Å². The molecule has 0 aliphatic rings. The molecule has 44 heavy (non-hydrogen) atoms. The summed E-state index contributed by atoms with van der Waals surface area (Å²) in [7, 11) is -2.69. The van der Waals surface area contributed by atoms with Crippen LogP contribution in [-0.2, 0) is 13.3 Å². The molecule has 1 radical (unpaired) electrons. The van der Waals surface area contributed by atoms with Gasteiger partial charge in [0.25, 0.3) is 0 Å². The number of hydrogen-bond donors (Lipinski definition) is 0. The van der Waals surface area contributed by atoms with E-state index in [9.17, 15) is 9.90 Å². The van der Waals surface area contributed by atoms with Gasteiger partial charge < -0.3 is 23.1 Å². The Labute approximate surface area is 300 Å². The normalized spacial score (nSPS) is 11.0. The molecule has 3 aromatic carbocycles. The molecule has 0 aliphatic carbocycles. The second-order valence-corrected chi connectivity index (χ2v) is 12.2. The van der Waals surface area contributed by atoms with Crippen LogP contribution in [-0.4, -0.2) is 51.0 Å². The van der Waals surface area contributed by atoms with E-state index in [1.54, 1.807) is 42.7 Å². The largest absolute Gasteiger partial charge is 0.872 e.